The summed E-state index contributed by atoms with van der Waals surface area (Å²) in [5.74, 6) is -2.03. The minimum Gasteiger partial charge on any atom is -0.404 e. The van der Waals surface area contributed by atoms with E-state index in [0.29, 0.717) is 22.4 Å². The molecule has 0 fully saturated rings. The molecule has 0 heterocycles. The van der Waals surface area contributed by atoms with Crippen LogP contribution in [0.15, 0.2) is 72.8 Å². The smallest absolute Gasteiger partial charge is 0.404 e. The van der Waals surface area contributed by atoms with Gasteiger partial charge in [0.15, 0.2) is 0 Å². The highest BCUT2D eigenvalue weighted by Gasteiger charge is 2.22. The van der Waals surface area contributed by atoms with Crippen LogP contribution >= 0.6 is 19.4 Å². The van der Waals surface area contributed by atoms with Gasteiger partial charge >= 0.3 is 7.82 Å². The first-order valence-corrected chi connectivity index (χ1v) is 13.7. The highest BCUT2D eigenvalue weighted by atomic mass is 35.5. The van der Waals surface area contributed by atoms with E-state index < -0.39 is 31.5 Å². The Morgan fingerprint density at radius 3 is 2.23 bits per heavy atom. The first kappa shape index (κ1) is 29.8. The first-order valence-electron chi connectivity index (χ1n) is 11.6. The van der Waals surface area contributed by atoms with Crippen molar-refractivity contribution in [2.24, 2.45) is 0 Å². The lowest BCUT2D eigenvalue weighted by Crippen LogP contribution is -2.48. The molecule has 5 N–H and O–H groups in total. The Bertz CT molecular complexity index is 1350. The number of phosphoric acid groups is 1. The summed E-state index contributed by atoms with van der Waals surface area (Å²) in [6.45, 7) is 0.100. The van der Waals surface area contributed by atoms with Crippen LogP contribution in [-0.2, 0) is 38.3 Å². The lowest BCUT2D eigenvalue weighted by molar-refractivity contribution is -0.128. The van der Waals surface area contributed by atoms with Crippen molar-refractivity contribution in [3.8, 4) is 5.75 Å². The number of carbonyl (C=O) groups is 3. The number of phosphoric ester groups is 1. The molecule has 0 bridgehead atoms. The second-order valence-electron chi connectivity index (χ2n) is 8.45. The van der Waals surface area contributed by atoms with E-state index in [0.717, 1.165) is 0 Å². The summed E-state index contributed by atoms with van der Waals surface area (Å²) in [5.41, 5.74) is 2.34. The molecule has 13 heteroatoms. The number of anilines is 1. The Hall–Kier alpha value is -3.76. The molecule has 0 radical (unpaired) electrons. The van der Waals surface area contributed by atoms with Crippen LogP contribution in [0.2, 0.25) is 0 Å². The highest BCUT2D eigenvalue weighted by molar-refractivity contribution is 7.46. The minimum absolute atomic E-state index is 0.0585. The zero-order chi connectivity index (χ0) is 28.4. The average Bonchev–Trinajstić information content (AvgIpc) is 2.88. The summed E-state index contributed by atoms with van der Waals surface area (Å²) in [7, 11) is -4.73. The predicted molar refractivity (Wildman–Crippen MR) is 142 cm³/mol. The molecule has 0 unspecified atom stereocenters. The minimum atomic E-state index is -4.73. The monoisotopic (exact) mass is 577 g/mol. The number of halogens is 2. The molecule has 0 saturated heterocycles. The summed E-state index contributed by atoms with van der Waals surface area (Å²) in [4.78, 5) is 55.3. The molecule has 0 saturated carbocycles. The van der Waals surface area contributed by atoms with Crippen LogP contribution in [0.3, 0.4) is 0 Å². The molecule has 0 aromatic heterocycles. The topological polar surface area (TPSA) is 154 Å². The SMILES string of the molecule is O=C(CCl)Nc1cccc(CNC(=O)[C@H](Cc2ccc(OP(=O)(O)O)cc2)NC(=O)Cc2ccc(F)cc2)c1. The van der Waals surface area contributed by atoms with Crippen LogP contribution in [0.5, 0.6) is 5.75 Å². The molecular formula is C26H26ClFN3O7P. The van der Waals surface area contributed by atoms with Gasteiger partial charge in [-0.25, -0.2) is 8.96 Å². The van der Waals surface area contributed by atoms with Gasteiger partial charge in [-0.2, -0.15) is 0 Å². The molecule has 206 valence electrons. The van der Waals surface area contributed by atoms with Crippen LogP contribution in [-0.4, -0.2) is 39.4 Å². The Morgan fingerprint density at radius 2 is 1.59 bits per heavy atom. The molecule has 0 spiro atoms. The molecule has 0 aliphatic rings. The fraction of sp³-hybridized carbons (Fsp3) is 0.192. The van der Waals surface area contributed by atoms with E-state index in [9.17, 15) is 23.3 Å². The van der Waals surface area contributed by atoms with Gasteiger partial charge in [0.05, 0.1) is 6.42 Å². The van der Waals surface area contributed by atoms with Gasteiger partial charge in [0.25, 0.3) is 0 Å². The fourth-order valence-corrected chi connectivity index (χ4v) is 4.03. The van der Waals surface area contributed by atoms with Gasteiger partial charge in [0, 0.05) is 18.7 Å². The van der Waals surface area contributed by atoms with E-state index in [2.05, 4.69) is 20.5 Å². The zero-order valence-electron chi connectivity index (χ0n) is 20.5. The van der Waals surface area contributed by atoms with Gasteiger partial charge in [0.2, 0.25) is 17.7 Å². The normalized spacial score (nSPS) is 11.8. The number of rotatable bonds is 12. The van der Waals surface area contributed by atoms with Crippen LogP contribution in [0.4, 0.5) is 10.1 Å². The third-order valence-electron chi connectivity index (χ3n) is 5.32. The second kappa shape index (κ2) is 13.9. The van der Waals surface area contributed by atoms with Crippen molar-refractivity contribution in [3.05, 3.63) is 95.3 Å². The molecule has 3 amide bonds. The summed E-state index contributed by atoms with van der Waals surface area (Å²) < 4.78 is 28.8. The maximum absolute atomic E-state index is 13.2. The number of amides is 3. The number of nitrogens with one attached hydrogen (secondary N) is 3. The summed E-state index contributed by atoms with van der Waals surface area (Å²) in [6, 6.07) is 16.9. The molecule has 39 heavy (non-hydrogen) atoms. The zero-order valence-corrected chi connectivity index (χ0v) is 22.1. The number of benzene rings is 3. The van der Waals surface area contributed by atoms with Crippen LogP contribution in [0.1, 0.15) is 16.7 Å². The summed E-state index contributed by atoms with van der Waals surface area (Å²) in [5, 5.41) is 8.08. The van der Waals surface area contributed by atoms with E-state index in [1.165, 1.54) is 48.5 Å². The molecular weight excluding hydrogens is 552 g/mol. The fourth-order valence-electron chi connectivity index (χ4n) is 3.57. The van der Waals surface area contributed by atoms with Crippen molar-refractivity contribution in [2.45, 2.75) is 25.4 Å². The van der Waals surface area contributed by atoms with E-state index in [1.807, 2.05) is 0 Å². The molecule has 0 aliphatic heterocycles. The van der Waals surface area contributed by atoms with Gasteiger partial charge in [-0.3, -0.25) is 24.2 Å². The Balaban J connectivity index is 1.71. The summed E-state index contributed by atoms with van der Waals surface area (Å²) >= 11 is 5.52. The number of hydrogen-bond acceptors (Lipinski definition) is 5. The molecule has 3 aromatic rings. The Labute approximate surface area is 228 Å². The molecule has 3 aromatic carbocycles. The lowest BCUT2D eigenvalue weighted by atomic mass is 10.0. The molecule has 0 aliphatic carbocycles. The van der Waals surface area contributed by atoms with E-state index in [4.69, 9.17) is 21.4 Å². The highest BCUT2D eigenvalue weighted by Crippen LogP contribution is 2.37. The van der Waals surface area contributed by atoms with Crippen molar-refractivity contribution >= 4 is 42.8 Å². The molecule has 3 rings (SSSR count). The summed E-state index contributed by atoms with van der Waals surface area (Å²) in [6.07, 6.45) is -0.0234. The van der Waals surface area contributed by atoms with Gasteiger partial charge in [-0.05, 0) is 53.1 Å². The van der Waals surface area contributed by atoms with E-state index in [1.54, 1.807) is 24.3 Å². The van der Waals surface area contributed by atoms with Crippen LogP contribution in [0.25, 0.3) is 0 Å². The average molecular weight is 578 g/mol. The molecule has 10 nitrogen and oxygen atoms in total. The van der Waals surface area contributed by atoms with Crippen molar-refractivity contribution in [1.29, 1.82) is 0 Å². The Morgan fingerprint density at radius 1 is 0.923 bits per heavy atom. The standard InChI is InChI=1S/C26H26ClFN3O7P/c27-15-25(33)30-21-3-1-2-19(12-21)16-29-26(34)23(31-24(32)14-18-4-8-20(28)9-5-18)13-17-6-10-22(11-7-17)38-39(35,36)37/h1-12,23H,13-16H2,(H,29,34)(H,30,33)(H,31,32)(H2,35,36,37)/t23-/m0/s1. The maximum Gasteiger partial charge on any atom is 0.524 e. The lowest BCUT2D eigenvalue weighted by Gasteiger charge is -2.19. The first-order chi connectivity index (χ1) is 18.5. The van der Waals surface area contributed by atoms with Crippen molar-refractivity contribution in [2.75, 3.05) is 11.2 Å². The number of carbonyl (C=O) groups excluding carboxylic acids is 3. The van der Waals surface area contributed by atoms with Gasteiger partial charge in [-0.15, -0.1) is 11.6 Å². The predicted octanol–water partition coefficient (Wildman–Crippen LogP) is 3.06. The van der Waals surface area contributed by atoms with Gasteiger partial charge < -0.3 is 20.5 Å². The number of alkyl halides is 1. The second-order valence-corrected chi connectivity index (χ2v) is 9.88. The van der Waals surface area contributed by atoms with Gasteiger partial charge in [-0.1, -0.05) is 36.4 Å². The van der Waals surface area contributed by atoms with Crippen molar-refractivity contribution < 1.29 is 37.6 Å². The van der Waals surface area contributed by atoms with Crippen LogP contribution < -0.4 is 20.5 Å². The molecule has 1 atom stereocenters. The largest absolute Gasteiger partial charge is 0.524 e. The van der Waals surface area contributed by atoms with Gasteiger partial charge in [0.1, 0.15) is 23.5 Å². The number of hydrogen-bond donors (Lipinski definition) is 5. The third-order valence-corrected chi connectivity index (χ3v) is 6.01. The van der Waals surface area contributed by atoms with E-state index >= 15 is 0 Å². The maximum atomic E-state index is 13.2. The quantitative estimate of drug-likeness (QED) is 0.164. The Kier molecular flexibility index (Phi) is 10.6. The third kappa shape index (κ3) is 10.5. The van der Waals surface area contributed by atoms with Crippen molar-refractivity contribution in [3.63, 3.8) is 0 Å². The van der Waals surface area contributed by atoms with Crippen LogP contribution in [0, 0.1) is 5.82 Å². The van der Waals surface area contributed by atoms with E-state index in [-0.39, 0.29) is 36.9 Å². The van der Waals surface area contributed by atoms with Crippen molar-refractivity contribution in [1.82, 2.24) is 10.6 Å².